The zero-order valence-corrected chi connectivity index (χ0v) is 20.0. The summed E-state index contributed by atoms with van der Waals surface area (Å²) in [5.74, 6) is 4.88. The first-order chi connectivity index (χ1) is 16.4. The van der Waals surface area contributed by atoms with E-state index in [0.717, 1.165) is 12.0 Å². The minimum atomic E-state index is -4.48. The highest BCUT2D eigenvalue weighted by molar-refractivity contribution is 7.94. The van der Waals surface area contributed by atoms with Crippen molar-refractivity contribution in [2.75, 3.05) is 0 Å². The summed E-state index contributed by atoms with van der Waals surface area (Å²) in [6, 6.07) is 11.3. The Morgan fingerprint density at radius 1 is 0.882 bits per heavy atom. The predicted octanol–water partition coefficient (Wildman–Crippen LogP) is 4.96. The van der Waals surface area contributed by atoms with Crippen molar-refractivity contribution in [2.45, 2.75) is 28.5 Å². The highest BCUT2D eigenvalue weighted by Gasteiger charge is 2.28. The van der Waals surface area contributed by atoms with Crippen LogP contribution < -0.4 is 5.90 Å². The van der Waals surface area contributed by atoms with Crippen LogP contribution in [0.4, 0.5) is 0 Å². The number of nitrogens with two attached hydrogens (primary N) is 1. The van der Waals surface area contributed by atoms with Crippen LogP contribution in [-0.4, -0.2) is 28.2 Å². The van der Waals surface area contributed by atoms with Crippen molar-refractivity contribution < 1.29 is 36.9 Å². The Bertz CT molecular complexity index is 1500. The SMILES string of the molecule is CC.NOOSc1ccc2nc3c(nc2c1)-c1cc(SOOO)cc2cc(S(=O)(=O)O)cc-3c12. The molecule has 0 fully saturated rings. The van der Waals surface area contributed by atoms with Crippen molar-refractivity contribution in [1.29, 1.82) is 0 Å². The minimum absolute atomic E-state index is 0.284. The third-order valence-electron chi connectivity index (χ3n) is 4.77. The van der Waals surface area contributed by atoms with Gasteiger partial charge in [0.05, 0.1) is 51.4 Å². The molecular weight excluding hydrogens is 506 g/mol. The molecule has 14 heteroatoms. The lowest BCUT2D eigenvalue weighted by Gasteiger charge is -2.07. The van der Waals surface area contributed by atoms with E-state index in [1.165, 1.54) is 12.1 Å². The molecule has 11 nitrogen and oxygen atoms in total. The molecule has 3 aromatic carbocycles. The minimum Gasteiger partial charge on any atom is -0.282 e. The van der Waals surface area contributed by atoms with Crippen LogP contribution >= 0.6 is 24.1 Å². The summed E-state index contributed by atoms with van der Waals surface area (Å²) in [5.41, 5.74) is 3.28. The van der Waals surface area contributed by atoms with Gasteiger partial charge in [-0.25, -0.2) is 15.2 Å². The first kappa shape index (κ1) is 24.7. The van der Waals surface area contributed by atoms with Crippen LogP contribution in [0.25, 0.3) is 44.3 Å². The maximum Gasteiger partial charge on any atom is 0.294 e. The molecule has 1 heterocycles. The third-order valence-corrected chi connectivity index (χ3v) is 6.75. The standard InChI is InChI=1S/C18H11N3O8S3.C2H6/c19-26-28-30-9-1-2-14-15(6-9)21-17-12-5-10(31-29-27-22)3-8-4-11(32(23,24)25)7-13(16(8)12)18(17)20-14;1-2/h1-7,22H,19H2,(H,23,24,25);1-2H3. The number of nitrogens with zero attached hydrogens (tertiary/aromatic N) is 2. The molecule has 0 bridgehead atoms. The van der Waals surface area contributed by atoms with Crippen LogP contribution in [0.5, 0.6) is 0 Å². The number of benzene rings is 3. The van der Waals surface area contributed by atoms with Crippen molar-refractivity contribution in [3.63, 3.8) is 0 Å². The molecule has 0 atom stereocenters. The normalized spacial score (nSPS) is 12.0. The molecular formula is C20H17N3O8S3. The largest absolute Gasteiger partial charge is 0.294 e. The molecule has 0 aliphatic heterocycles. The van der Waals surface area contributed by atoms with E-state index >= 15 is 0 Å². The number of rotatable bonds is 7. The number of hydrogen-bond donors (Lipinski definition) is 3. The highest BCUT2D eigenvalue weighted by atomic mass is 32.2. The Morgan fingerprint density at radius 2 is 1.56 bits per heavy atom. The summed E-state index contributed by atoms with van der Waals surface area (Å²) in [4.78, 5) is 14.4. The molecule has 0 spiro atoms. The second-order valence-corrected chi connectivity index (χ2v) is 9.53. The van der Waals surface area contributed by atoms with Gasteiger partial charge in [0, 0.05) is 26.3 Å². The van der Waals surface area contributed by atoms with Gasteiger partial charge in [-0.2, -0.15) is 14.3 Å². The number of fused-ring (bicyclic) bond motifs is 4. The molecule has 0 radical (unpaired) electrons. The highest BCUT2D eigenvalue weighted by Crippen LogP contribution is 2.48. The molecule has 5 rings (SSSR count). The number of aromatic nitrogens is 2. The van der Waals surface area contributed by atoms with Gasteiger partial charge >= 0.3 is 0 Å². The van der Waals surface area contributed by atoms with Crippen LogP contribution in [0.3, 0.4) is 0 Å². The van der Waals surface area contributed by atoms with Crippen molar-refractivity contribution in [3.8, 4) is 22.5 Å². The summed E-state index contributed by atoms with van der Waals surface area (Å²) < 4.78 is 42.6. The van der Waals surface area contributed by atoms with Crippen molar-refractivity contribution in [3.05, 3.63) is 42.5 Å². The molecule has 1 aliphatic carbocycles. The van der Waals surface area contributed by atoms with Gasteiger partial charge in [0.2, 0.25) is 0 Å². The van der Waals surface area contributed by atoms with Crippen LogP contribution in [0, 0.1) is 0 Å². The second kappa shape index (κ2) is 10.1. The van der Waals surface area contributed by atoms with E-state index < -0.39 is 10.1 Å². The molecule has 1 aromatic heterocycles. The topological polar surface area (TPSA) is 163 Å². The van der Waals surface area contributed by atoms with Crippen molar-refractivity contribution in [1.82, 2.24) is 9.97 Å². The van der Waals surface area contributed by atoms with Gasteiger partial charge in [-0.05, 0) is 47.9 Å². The first-order valence-electron chi connectivity index (χ1n) is 9.66. The summed E-state index contributed by atoms with van der Waals surface area (Å²) in [7, 11) is -4.48. The van der Waals surface area contributed by atoms with Gasteiger partial charge < -0.3 is 0 Å². The molecule has 0 saturated carbocycles. The van der Waals surface area contributed by atoms with Crippen molar-refractivity contribution >= 4 is 56.0 Å². The Kier molecular flexibility index (Phi) is 7.34. The molecule has 0 unspecified atom stereocenters. The second-order valence-electron chi connectivity index (χ2n) is 6.56. The lowest BCUT2D eigenvalue weighted by atomic mass is 10.0. The summed E-state index contributed by atoms with van der Waals surface area (Å²) in [6.07, 6.45) is 0. The molecule has 4 N–H and O–H groups in total. The van der Waals surface area contributed by atoms with E-state index in [4.69, 9.17) is 16.1 Å². The van der Waals surface area contributed by atoms with Gasteiger partial charge in [-0.1, -0.05) is 18.9 Å². The smallest absolute Gasteiger partial charge is 0.282 e. The fourth-order valence-corrected chi connectivity index (χ4v) is 5.00. The molecule has 4 aromatic rings. The third kappa shape index (κ3) is 4.60. The Labute approximate surface area is 202 Å². The van der Waals surface area contributed by atoms with E-state index in [1.807, 2.05) is 13.8 Å². The summed E-state index contributed by atoms with van der Waals surface area (Å²) >= 11 is 1.61. The first-order valence-corrected chi connectivity index (χ1v) is 12.6. The van der Waals surface area contributed by atoms with Gasteiger partial charge in [-0.15, -0.1) is 13.7 Å². The van der Waals surface area contributed by atoms with Crippen LogP contribution in [-0.2, 0) is 28.8 Å². The van der Waals surface area contributed by atoms with Gasteiger partial charge in [0.1, 0.15) is 0 Å². The molecule has 178 valence electrons. The lowest BCUT2D eigenvalue weighted by Crippen LogP contribution is -1.98. The van der Waals surface area contributed by atoms with Gasteiger partial charge in [-0.3, -0.25) is 4.55 Å². The maximum absolute atomic E-state index is 11.9. The Morgan fingerprint density at radius 3 is 2.24 bits per heavy atom. The van der Waals surface area contributed by atoms with E-state index in [-0.39, 0.29) is 4.90 Å². The zero-order valence-electron chi connectivity index (χ0n) is 17.6. The van der Waals surface area contributed by atoms with Crippen LogP contribution in [0.15, 0.2) is 57.2 Å². The van der Waals surface area contributed by atoms with Crippen LogP contribution in [0.1, 0.15) is 13.8 Å². The van der Waals surface area contributed by atoms with Gasteiger partial charge in [0.15, 0.2) is 0 Å². The van der Waals surface area contributed by atoms with E-state index in [9.17, 15) is 13.0 Å². The Hall–Kier alpha value is -2.37. The van der Waals surface area contributed by atoms with E-state index in [2.05, 4.69) is 23.7 Å². The summed E-state index contributed by atoms with van der Waals surface area (Å²) in [6.45, 7) is 4.00. The zero-order chi connectivity index (χ0) is 24.5. The van der Waals surface area contributed by atoms with E-state index in [0.29, 0.717) is 66.2 Å². The lowest BCUT2D eigenvalue weighted by molar-refractivity contribution is -0.432. The molecule has 34 heavy (non-hydrogen) atoms. The molecule has 1 aliphatic rings. The maximum atomic E-state index is 11.9. The predicted molar refractivity (Wildman–Crippen MR) is 126 cm³/mol. The Balaban J connectivity index is 0.00000133. The van der Waals surface area contributed by atoms with Crippen LogP contribution in [0.2, 0.25) is 0 Å². The molecule has 0 amide bonds. The monoisotopic (exact) mass is 523 g/mol. The molecule has 0 saturated heterocycles. The average molecular weight is 524 g/mol. The van der Waals surface area contributed by atoms with Gasteiger partial charge in [0.25, 0.3) is 10.1 Å². The average Bonchev–Trinajstić information content (AvgIpc) is 3.14. The van der Waals surface area contributed by atoms with Crippen molar-refractivity contribution in [2.24, 2.45) is 5.90 Å². The quantitative estimate of drug-likeness (QED) is 0.114. The number of hydrogen-bond acceptors (Lipinski definition) is 12. The fourth-order valence-electron chi connectivity index (χ4n) is 3.61. The fraction of sp³-hybridized carbons (Fsp3) is 0.100. The van der Waals surface area contributed by atoms with E-state index in [1.54, 1.807) is 30.3 Å². The summed E-state index contributed by atoms with van der Waals surface area (Å²) in [5, 5.41) is 13.4.